The molecule has 1 rings (SSSR count). The summed E-state index contributed by atoms with van der Waals surface area (Å²) < 4.78 is 16.6. The normalized spacial score (nSPS) is 23.4. The average molecular weight is 323 g/mol. The second-order valence-electron chi connectivity index (χ2n) is 5.36. The fourth-order valence-corrected chi connectivity index (χ4v) is 1.88. The molecule has 18 heavy (non-hydrogen) atoms. The van der Waals surface area contributed by atoms with Crippen LogP contribution >= 0.6 is 15.9 Å². The van der Waals surface area contributed by atoms with Gasteiger partial charge in [-0.05, 0) is 33.6 Å². The molecule has 1 aliphatic rings. The van der Waals surface area contributed by atoms with Crippen molar-refractivity contribution in [3.63, 3.8) is 0 Å². The van der Waals surface area contributed by atoms with Crippen molar-refractivity contribution in [1.82, 2.24) is 0 Å². The molecule has 0 bridgehead atoms. The van der Waals surface area contributed by atoms with Gasteiger partial charge < -0.3 is 14.2 Å². The predicted octanol–water partition coefficient (Wildman–Crippen LogP) is 2.88. The van der Waals surface area contributed by atoms with E-state index < -0.39 is 5.79 Å². The molecule has 1 saturated heterocycles. The maximum absolute atomic E-state index is 11.3. The van der Waals surface area contributed by atoms with Gasteiger partial charge in [0.1, 0.15) is 4.83 Å². The number of hydrogen-bond acceptors (Lipinski definition) is 4. The van der Waals surface area contributed by atoms with Gasteiger partial charge in [0.2, 0.25) is 0 Å². The lowest BCUT2D eigenvalue weighted by Crippen LogP contribution is -2.46. The monoisotopic (exact) mass is 322 g/mol. The molecule has 1 fully saturated rings. The predicted molar refractivity (Wildman–Crippen MR) is 72.7 cm³/mol. The fourth-order valence-electron chi connectivity index (χ4n) is 1.75. The van der Waals surface area contributed by atoms with E-state index in [1.807, 2.05) is 13.8 Å². The third-order valence-electron chi connectivity index (χ3n) is 3.40. The van der Waals surface area contributed by atoms with E-state index in [-0.39, 0.29) is 16.2 Å². The Morgan fingerprint density at radius 3 is 2.39 bits per heavy atom. The zero-order chi connectivity index (χ0) is 13.8. The highest BCUT2D eigenvalue weighted by Gasteiger charge is 2.38. The van der Waals surface area contributed by atoms with E-state index in [0.717, 1.165) is 12.8 Å². The Morgan fingerprint density at radius 2 is 1.94 bits per heavy atom. The van der Waals surface area contributed by atoms with Gasteiger partial charge in [-0.1, -0.05) is 22.9 Å². The SMILES string of the molecule is CCC1(CCOC(=O)C(C)Br)COC(C)(C)OC1. The molecule has 0 amide bonds. The van der Waals surface area contributed by atoms with Crippen LogP contribution in [0.15, 0.2) is 0 Å². The number of alkyl halides is 1. The molecular weight excluding hydrogens is 300 g/mol. The first-order valence-electron chi connectivity index (χ1n) is 6.39. The van der Waals surface area contributed by atoms with Crippen LogP contribution in [0.3, 0.4) is 0 Å². The van der Waals surface area contributed by atoms with E-state index in [9.17, 15) is 4.79 Å². The molecule has 0 aliphatic carbocycles. The molecule has 0 aromatic carbocycles. The molecule has 0 aromatic rings. The maximum atomic E-state index is 11.3. The van der Waals surface area contributed by atoms with Crippen molar-refractivity contribution in [2.45, 2.75) is 51.2 Å². The van der Waals surface area contributed by atoms with Gasteiger partial charge in [-0.2, -0.15) is 0 Å². The summed E-state index contributed by atoms with van der Waals surface area (Å²) in [5.41, 5.74) is -0.0364. The maximum Gasteiger partial charge on any atom is 0.319 e. The van der Waals surface area contributed by atoms with Crippen LogP contribution < -0.4 is 0 Å². The molecule has 1 heterocycles. The highest BCUT2D eigenvalue weighted by Crippen LogP contribution is 2.35. The Labute approximate surface area is 117 Å². The molecule has 1 unspecified atom stereocenters. The van der Waals surface area contributed by atoms with Crippen molar-refractivity contribution in [1.29, 1.82) is 0 Å². The van der Waals surface area contributed by atoms with Crippen LogP contribution in [0.5, 0.6) is 0 Å². The highest BCUT2D eigenvalue weighted by atomic mass is 79.9. The van der Waals surface area contributed by atoms with E-state index >= 15 is 0 Å². The summed E-state index contributed by atoms with van der Waals surface area (Å²) in [6.45, 7) is 9.41. The van der Waals surface area contributed by atoms with Gasteiger partial charge in [-0.25, -0.2) is 0 Å². The number of carbonyl (C=O) groups excluding carboxylic acids is 1. The van der Waals surface area contributed by atoms with Gasteiger partial charge in [0.15, 0.2) is 5.79 Å². The van der Waals surface area contributed by atoms with Crippen LogP contribution in [0.2, 0.25) is 0 Å². The second-order valence-corrected chi connectivity index (χ2v) is 6.74. The lowest BCUT2D eigenvalue weighted by molar-refractivity contribution is -0.288. The zero-order valence-corrected chi connectivity index (χ0v) is 13.2. The van der Waals surface area contributed by atoms with E-state index in [2.05, 4.69) is 22.9 Å². The lowest BCUT2D eigenvalue weighted by atomic mass is 9.83. The number of rotatable bonds is 5. The van der Waals surface area contributed by atoms with Crippen LogP contribution in [-0.2, 0) is 19.0 Å². The molecule has 0 aromatic heterocycles. The summed E-state index contributed by atoms with van der Waals surface area (Å²) in [7, 11) is 0. The molecule has 0 radical (unpaired) electrons. The summed E-state index contributed by atoms with van der Waals surface area (Å²) in [5.74, 6) is -0.723. The quantitative estimate of drug-likeness (QED) is 0.576. The molecule has 0 N–H and O–H groups in total. The van der Waals surface area contributed by atoms with Crippen molar-refractivity contribution in [2.75, 3.05) is 19.8 Å². The first kappa shape index (κ1) is 15.9. The Morgan fingerprint density at radius 1 is 1.39 bits per heavy atom. The van der Waals surface area contributed by atoms with Crippen LogP contribution in [0.1, 0.15) is 40.5 Å². The third kappa shape index (κ3) is 4.52. The molecule has 1 aliphatic heterocycles. The zero-order valence-electron chi connectivity index (χ0n) is 11.6. The van der Waals surface area contributed by atoms with Crippen LogP contribution in [0.4, 0.5) is 0 Å². The molecular formula is C13H23BrO4. The van der Waals surface area contributed by atoms with Crippen LogP contribution in [0, 0.1) is 5.41 Å². The van der Waals surface area contributed by atoms with Gasteiger partial charge in [0, 0.05) is 5.41 Å². The first-order chi connectivity index (χ1) is 8.30. The standard InChI is InChI=1S/C13H23BrO4/c1-5-13(6-7-16-11(15)10(2)14)8-17-12(3,4)18-9-13/h10H,5-9H2,1-4H3. The summed E-state index contributed by atoms with van der Waals surface area (Å²) in [4.78, 5) is 11.1. The first-order valence-corrected chi connectivity index (χ1v) is 7.30. The fraction of sp³-hybridized carbons (Fsp3) is 0.923. The molecule has 4 nitrogen and oxygen atoms in total. The Kier molecular flexibility index (Phi) is 5.62. The third-order valence-corrected chi connectivity index (χ3v) is 3.78. The summed E-state index contributed by atoms with van der Waals surface area (Å²) in [6, 6.07) is 0. The number of hydrogen-bond donors (Lipinski definition) is 0. The molecule has 1 atom stereocenters. The number of esters is 1. The van der Waals surface area contributed by atoms with Crippen molar-refractivity contribution in [3.05, 3.63) is 0 Å². The number of carbonyl (C=O) groups is 1. The Balaban J connectivity index is 2.41. The van der Waals surface area contributed by atoms with Crippen LogP contribution in [-0.4, -0.2) is 36.4 Å². The van der Waals surface area contributed by atoms with Gasteiger partial charge >= 0.3 is 5.97 Å². The molecule has 0 saturated carbocycles. The summed E-state index contributed by atoms with van der Waals surface area (Å²) in [5, 5.41) is 0. The summed E-state index contributed by atoms with van der Waals surface area (Å²) in [6.07, 6.45) is 1.72. The summed E-state index contributed by atoms with van der Waals surface area (Å²) >= 11 is 3.19. The second kappa shape index (κ2) is 6.35. The topological polar surface area (TPSA) is 44.8 Å². The van der Waals surface area contributed by atoms with Gasteiger partial charge in [0.25, 0.3) is 0 Å². The van der Waals surface area contributed by atoms with Crippen LogP contribution in [0.25, 0.3) is 0 Å². The Bertz CT molecular complexity index is 279. The van der Waals surface area contributed by atoms with E-state index in [0.29, 0.717) is 19.8 Å². The Hall–Kier alpha value is -0.130. The van der Waals surface area contributed by atoms with E-state index in [1.54, 1.807) is 6.92 Å². The van der Waals surface area contributed by atoms with Gasteiger partial charge in [-0.15, -0.1) is 0 Å². The van der Waals surface area contributed by atoms with Crippen molar-refractivity contribution in [3.8, 4) is 0 Å². The van der Waals surface area contributed by atoms with Crippen molar-refractivity contribution >= 4 is 21.9 Å². The van der Waals surface area contributed by atoms with Gasteiger partial charge in [-0.3, -0.25) is 4.79 Å². The van der Waals surface area contributed by atoms with Gasteiger partial charge in [0.05, 0.1) is 19.8 Å². The number of ether oxygens (including phenoxy) is 3. The van der Waals surface area contributed by atoms with E-state index in [4.69, 9.17) is 14.2 Å². The molecule has 106 valence electrons. The highest BCUT2D eigenvalue weighted by molar-refractivity contribution is 9.10. The largest absolute Gasteiger partial charge is 0.465 e. The number of halogens is 1. The minimum Gasteiger partial charge on any atom is -0.465 e. The smallest absolute Gasteiger partial charge is 0.319 e. The molecule has 5 heteroatoms. The molecule has 0 spiro atoms. The minimum absolute atomic E-state index is 0.0364. The lowest BCUT2D eigenvalue weighted by Gasteiger charge is -2.43. The minimum atomic E-state index is -0.500. The van der Waals surface area contributed by atoms with Crippen molar-refractivity contribution < 1.29 is 19.0 Å². The van der Waals surface area contributed by atoms with E-state index in [1.165, 1.54) is 0 Å². The van der Waals surface area contributed by atoms with Crippen molar-refractivity contribution in [2.24, 2.45) is 5.41 Å². The average Bonchev–Trinajstić information content (AvgIpc) is 2.31.